The minimum atomic E-state index is -0.330. The van der Waals surface area contributed by atoms with E-state index in [0.29, 0.717) is 13.0 Å². The third-order valence-corrected chi connectivity index (χ3v) is 3.22. The van der Waals surface area contributed by atoms with Gasteiger partial charge in [-0.1, -0.05) is 0 Å². The largest absolute Gasteiger partial charge is 0.353 e. The summed E-state index contributed by atoms with van der Waals surface area (Å²) < 4.78 is 0. The number of nitrogens with zero attached hydrogens (tertiary/aromatic N) is 1. The molecule has 2 heterocycles. The maximum atomic E-state index is 11.9. The van der Waals surface area contributed by atoms with E-state index < -0.39 is 0 Å². The van der Waals surface area contributed by atoms with Crippen molar-refractivity contribution in [2.75, 3.05) is 26.2 Å². The monoisotopic (exact) mass is 225 g/mol. The van der Waals surface area contributed by atoms with E-state index in [1.165, 1.54) is 6.42 Å². The summed E-state index contributed by atoms with van der Waals surface area (Å²) in [7, 11) is 0. The van der Waals surface area contributed by atoms with Crippen LogP contribution >= 0.6 is 0 Å². The Morgan fingerprint density at radius 1 is 1.25 bits per heavy atom. The molecule has 0 bridgehead atoms. The average Bonchev–Trinajstić information content (AvgIpc) is 2.33. The number of hydrogen-bond acceptors (Lipinski definition) is 3. The number of nitrogens with one attached hydrogen (secondary N) is 2. The molecular formula is C11H19N3O2. The Balaban J connectivity index is 1.83. The SMILES string of the molecule is O=C1NCCN[C@H]1CC(=O)N1CCCCC1. The molecule has 0 aliphatic carbocycles. The van der Waals surface area contributed by atoms with E-state index in [4.69, 9.17) is 0 Å². The second-order valence-corrected chi connectivity index (χ2v) is 4.44. The molecule has 0 saturated carbocycles. The number of likely N-dealkylation sites (tertiary alicyclic amines) is 1. The van der Waals surface area contributed by atoms with Crippen molar-refractivity contribution in [3.05, 3.63) is 0 Å². The van der Waals surface area contributed by atoms with Gasteiger partial charge >= 0.3 is 0 Å². The maximum absolute atomic E-state index is 11.9. The standard InChI is InChI=1S/C11H19N3O2/c15-10(14-6-2-1-3-7-14)8-9-11(16)13-5-4-12-9/h9,12H,1-8H2,(H,13,16)/t9-/m0/s1. The van der Waals surface area contributed by atoms with Crippen LogP contribution in [-0.4, -0.2) is 48.9 Å². The molecular weight excluding hydrogens is 206 g/mol. The number of piperidine rings is 1. The van der Waals surface area contributed by atoms with E-state index in [-0.39, 0.29) is 17.9 Å². The first-order valence-corrected chi connectivity index (χ1v) is 6.06. The first kappa shape index (κ1) is 11.4. The number of amides is 2. The predicted octanol–water partition coefficient (Wildman–Crippen LogP) is -0.523. The smallest absolute Gasteiger partial charge is 0.237 e. The number of piperazine rings is 1. The average molecular weight is 225 g/mol. The van der Waals surface area contributed by atoms with Gasteiger partial charge in [0.2, 0.25) is 11.8 Å². The van der Waals surface area contributed by atoms with Crippen molar-refractivity contribution in [3.8, 4) is 0 Å². The highest BCUT2D eigenvalue weighted by atomic mass is 16.2. The lowest BCUT2D eigenvalue weighted by atomic mass is 10.1. The van der Waals surface area contributed by atoms with Crippen molar-refractivity contribution >= 4 is 11.8 Å². The Morgan fingerprint density at radius 3 is 2.69 bits per heavy atom. The molecule has 2 fully saturated rings. The molecule has 0 radical (unpaired) electrons. The predicted molar refractivity (Wildman–Crippen MR) is 59.8 cm³/mol. The fourth-order valence-corrected chi connectivity index (χ4v) is 2.26. The quantitative estimate of drug-likeness (QED) is 0.664. The molecule has 2 aliphatic rings. The fourth-order valence-electron chi connectivity index (χ4n) is 2.26. The Kier molecular flexibility index (Phi) is 3.77. The van der Waals surface area contributed by atoms with Crippen LogP contribution in [0, 0.1) is 0 Å². The molecule has 90 valence electrons. The molecule has 0 spiro atoms. The van der Waals surface area contributed by atoms with Crippen molar-refractivity contribution in [3.63, 3.8) is 0 Å². The molecule has 1 atom stereocenters. The van der Waals surface area contributed by atoms with Gasteiger partial charge in [0.15, 0.2) is 0 Å². The van der Waals surface area contributed by atoms with Crippen molar-refractivity contribution < 1.29 is 9.59 Å². The number of hydrogen-bond donors (Lipinski definition) is 2. The van der Waals surface area contributed by atoms with Crippen molar-refractivity contribution in [2.24, 2.45) is 0 Å². The van der Waals surface area contributed by atoms with E-state index in [1.807, 2.05) is 4.90 Å². The molecule has 5 heteroatoms. The molecule has 2 N–H and O–H groups in total. The van der Waals surface area contributed by atoms with E-state index in [0.717, 1.165) is 32.5 Å². The fraction of sp³-hybridized carbons (Fsp3) is 0.818. The van der Waals surface area contributed by atoms with Crippen LogP contribution in [0.1, 0.15) is 25.7 Å². The minimum Gasteiger partial charge on any atom is -0.353 e. The van der Waals surface area contributed by atoms with Gasteiger partial charge in [-0.2, -0.15) is 0 Å². The van der Waals surface area contributed by atoms with Gasteiger partial charge in [0.25, 0.3) is 0 Å². The van der Waals surface area contributed by atoms with Gasteiger partial charge in [-0.15, -0.1) is 0 Å². The third kappa shape index (κ3) is 2.72. The van der Waals surface area contributed by atoms with E-state index >= 15 is 0 Å². The summed E-state index contributed by atoms with van der Waals surface area (Å²) in [6.45, 7) is 3.12. The molecule has 5 nitrogen and oxygen atoms in total. The first-order valence-electron chi connectivity index (χ1n) is 6.06. The van der Waals surface area contributed by atoms with Crippen molar-refractivity contribution in [1.82, 2.24) is 15.5 Å². The topological polar surface area (TPSA) is 61.4 Å². The number of carbonyl (C=O) groups is 2. The zero-order valence-corrected chi connectivity index (χ0v) is 9.50. The highest BCUT2D eigenvalue weighted by Gasteiger charge is 2.26. The van der Waals surface area contributed by atoms with Crippen LogP contribution in [0.25, 0.3) is 0 Å². The lowest BCUT2D eigenvalue weighted by molar-refractivity contribution is -0.136. The van der Waals surface area contributed by atoms with Gasteiger partial charge in [-0.3, -0.25) is 9.59 Å². The van der Waals surface area contributed by atoms with Crippen LogP contribution in [0.4, 0.5) is 0 Å². The highest BCUT2D eigenvalue weighted by Crippen LogP contribution is 2.11. The summed E-state index contributed by atoms with van der Waals surface area (Å²) in [5.74, 6) is 0.0610. The number of rotatable bonds is 2. The lowest BCUT2D eigenvalue weighted by Crippen LogP contribution is -2.54. The highest BCUT2D eigenvalue weighted by molar-refractivity contribution is 5.88. The van der Waals surface area contributed by atoms with E-state index in [1.54, 1.807) is 0 Å². The minimum absolute atomic E-state index is 0.0448. The summed E-state index contributed by atoms with van der Waals surface area (Å²) >= 11 is 0. The van der Waals surface area contributed by atoms with Gasteiger partial charge in [0.05, 0.1) is 12.5 Å². The molecule has 16 heavy (non-hydrogen) atoms. The maximum Gasteiger partial charge on any atom is 0.237 e. The second-order valence-electron chi connectivity index (χ2n) is 4.44. The van der Waals surface area contributed by atoms with Gasteiger partial charge in [0, 0.05) is 26.2 Å². The summed E-state index contributed by atoms with van der Waals surface area (Å²) in [6, 6.07) is -0.330. The molecule has 2 rings (SSSR count). The van der Waals surface area contributed by atoms with Crippen molar-refractivity contribution in [2.45, 2.75) is 31.7 Å². The van der Waals surface area contributed by atoms with Crippen LogP contribution in [0.5, 0.6) is 0 Å². The summed E-state index contributed by atoms with van der Waals surface area (Å²) in [5.41, 5.74) is 0. The van der Waals surface area contributed by atoms with Gasteiger partial charge in [-0.25, -0.2) is 0 Å². The molecule has 0 unspecified atom stereocenters. The molecule has 2 aliphatic heterocycles. The van der Waals surface area contributed by atoms with Crippen LogP contribution in [0.15, 0.2) is 0 Å². The first-order chi connectivity index (χ1) is 7.77. The zero-order valence-electron chi connectivity index (χ0n) is 9.50. The second kappa shape index (κ2) is 5.30. The Bertz CT molecular complexity index is 274. The zero-order chi connectivity index (χ0) is 11.4. The van der Waals surface area contributed by atoms with Gasteiger partial charge in [0.1, 0.15) is 0 Å². The Labute approximate surface area is 95.6 Å². The van der Waals surface area contributed by atoms with E-state index in [2.05, 4.69) is 10.6 Å². The van der Waals surface area contributed by atoms with Gasteiger partial charge in [-0.05, 0) is 19.3 Å². The van der Waals surface area contributed by atoms with Crippen molar-refractivity contribution in [1.29, 1.82) is 0 Å². The summed E-state index contributed by atoms with van der Waals surface area (Å²) in [5, 5.41) is 5.85. The van der Waals surface area contributed by atoms with Crippen LogP contribution in [-0.2, 0) is 9.59 Å². The molecule has 2 amide bonds. The summed E-state index contributed by atoms with van der Waals surface area (Å²) in [6.07, 6.45) is 3.70. The van der Waals surface area contributed by atoms with Crippen LogP contribution in [0.2, 0.25) is 0 Å². The molecule has 0 aromatic rings. The van der Waals surface area contributed by atoms with Crippen LogP contribution in [0.3, 0.4) is 0 Å². The lowest BCUT2D eigenvalue weighted by Gasteiger charge is -2.29. The van der Waals surface area contributed by atoms with Crippen LogP contribution < -0.4 is 10.6 Å². The Morgan fingerprint density at radius 2 is 2.00 bits per heavy atom. The molecule has 0 aromatic heterocycles. The molecule has 0 aromatic carbocycles. The third-order valence-electron chi connectivity index (χ3n) is 3.22. The van der Waals surface area contributed by atoms with E-state index in [9.17, 15) is 9.59 Å². The van der Waals surface area contributed by atoms with Gasteiger partial charge < -0.3 is 15.5 Å². The molecule has 2 saturated heterocycles. The Hall–Kier alpha value is -1.10. The number of carbonyl (C=O) groups excluding carboxylic acids is 2. The normalized spacial score (nSPS) is 26.4. The summed E-state index contributed by atoms with van der Waals surface area (Å²) in [4.78, 5) is 25.3.